The first-order valence-corrected chi connectivity index (χ1v) is 14.5. The van der Waals surface area contributed by atoms with Gasteiger partial charge in [-0.3, -0.25) is 9.89 Å². The fraction of sp³-hybridized carbons (Fsp3) is 0.484. The molecule has 2 aliphatic rings. The molecule has 3 aromatic rings. The Balaban J connectivity index is 1.48. The lowest BCUT2D eigenvalue weighted by Gasteiger charge is -2.34. The van der Waals surface area contributed by atoms with Gasteiger partial charge < -0.3 is 29.7 Å². The Bertz CT molecular complexity index is 1520. The minimum Gasteiger partial charge on any atom is -0.497 e. The van der Waals surface area contributed by atoms with Gasteiger partial charge in [-0.25, -0.2) is 14.2 Å². The lowest BCUT2D eigenvalue weighted by molar-refractivity contribution is 0.0488. The lowest BCUT2D eigenvalue weighted by atomic mass is 9.90. The third-order valence-electron chi connectivity index (χ3n) is 7.82. The number of pyridine rings is 1. The predicted octanol–water partition coefficient (Wildman–Crippen LogP) is 5.34. The third kappa shape index (κ3) is 6.37. The number of anilines is 1. The summed E-state index contributed by atoms with van der Waals surface area (Å²) < 4.78 is 32.6. The van der Waals surface area contributed by atoms with Crippen LogP contribution in [0.3, 0.4) is 0 Å². The van der Waals surface area contributed by atoms with Crippen LogP contribution < -0.4 is 20.1 Å². The number of nitrogens with zero attached hydrogens (tertiary/aromatic N) is 3. The zero-order valence-electron chi connectivity index (χ0n) is 25.5. The van der Waals surface area contributed by atoms with Gasteiger partial charge in [0.05, 0.1) is 43.8 Å². The van der Waals surface area contributed by atoms with Crippen molar-refractivity contribution in [3.63, 3.8) is 0 Å². The van der Waals surface area contributed by atoms with Gasteiger partial charge in [0.25, 0.3) is 5.91 Å². The van der Waals surface area contributed by atoms with Crippen molar-refractivity contribution in [2.45, 2.75) is 84.2 Å². The molecule has 12 heteroatoms. The Morgan fingerprint density at radius 1 is 1.16 bits per heavy atom. The number of rotatable bonds is 8. The van der Waals surface area contributed by atoms with E-state index < -0.39 is 17.5 Å². The number of benzene rings is 1. The van der Waals surface area contributed by atoms with Crippen LogP contribution in [0.4, 0.5) is 15.0 Å². The summed E-state index contributed by atoms with van der Waals surface area (Å²) in [7, 11) is 3.12. The summed E-state index contributed by atoms with van der Waals surface area (Å²) in [5, 5.41) is 13.3. The van der Waals surface area contributed by atoms with Gasteiger partial charge in [0.2, 0.25) is 0 Å². The van der Waals surface area contributed by atoms with Crippen molar-refractivity contribution in [1.82, 2.24) is 25.4 Å². The second-order valence-electron chi connectivity index (χ2n) is 12.0. The highest BCUT2D eigenvalue weighted by Gasteiger charge is 2.38. The Hall–Kier alpha value is -4.35. The molecule has 0 radical (unpaired) electrons. The quantitative estimate of drug-likeness (QED) is 0.319. The van der Waals surface area contributed by atoms with Gasteiger partial charge in [-0.05, 0) is 52.7 Å². The zero-order chi connectivity index (χ0) is 30.9. The molecule has 5 rings (SSSR count). The Kier molecular flexibility index (Phi) is 8.48. The van der Waals surface area contributed by atoms with Crippen molar-refractivity contribution >= 4 is 17.8 Å². The summed E-state index contributed by atoms with van der Waals surface area (Å²) in [5.74, 6) is 0.315. The molecule has 43 heavy (non-hydrogen) atoms. The van der Waals surface area contributed by atoms with Crippen molar-refractivity contribution in [1.29, 1.82) is 0 Å². The summed E-state index contributed by atoms with van der Waals surface area (Å²) >= 11 is 0. The number of aromatic nitrogens is 3. The molecule has 2 atom stereocenters. The molecule has 2 amide bonds. The molecule has 3 N–H and O–H groups in total. The average molecular weight is 595 g/mol. The van der Waals surface area contributed by atoms with Gasteiger partial charge >= 0.3 is 6.09 Å². The number of amides is 2. The van der Waals surface area contributed by atoms with Gasteiger partial charge in [0, 0.05) is 41.5 Å². The number of hydrogen-bond donors (Lipinski definition) is 3. The normalized spacial score (nSPS) is 18.3. The summed E-state index contributed by atoms with van der Waals surface area (Å²) in [5.41, 5.74) is 2.20. The van der Waals surface area contributed by atoms with Crippen molar-refractivity contribution in [3.8, 4) is 22.8 Å². The number of carbonyl (C=O) groups excluding carboxylic acids is 2. The van der Waals surface area contributed by atoms with E-state index in [9.17, 15) is 9.59 Å². The first-order chi connectivity index (χ1) is 20.5. The minimum absolute atomic E-state index is 0.0360. The van der Waals surface area contributed by atoms with E-state index in [1.54, 1.807) is 44.4 Å². The monoisotopic (exact) mass is 594 g/mol. The Labute approximate surface area is 250 Å². The number of ether oxygens (including phenoxy) is 3. The minimum atomic E-state index is -0.638. The second-order valence-corrected chi connectivity index (χ2v) is 12.0. The van der Waals surface area contributed by atoms with Crippen LogP contribution in [0.25, 0.3) is 11.3 Å². The Morgan fingerprint density at radius 2 is 1.91 bits per heavy atom. The van der Waals surface area contributed by atoms with Crippen LogP contribution in [-0.2, 0) is 17.8 Å². The van der Waals surface area contributed by atoms with Crippen molar-refractivity contribution in [3.05, 3.63) is 52.6 Å². The molecule has 1 saturated carbocycles. The predicted molar refractivity (Wildman–Crippen MR) is 159 cm³/mol. The lowest BCUT2D eigenvalue weighted by Crippen LogP contribution is -2.50. The number of halogens is 1. The number of carbonyl (C=O) groups is 2. The largest absolute Gasteiger partial charge is 0.497 e. The molecule has 2 unspecified atom stereocenters. The number of nitrogens with one attached hydrogen (secondary N) is 3. The maximum Gasteiger partial charge on any atom is 0.407 e. The molecule has 1 aliphatic heterocycles. The highest BCUT2D eigenvalue weighted by atomic mass is 19.1. The van der Waals surface area contributed by atoms with E-state index in [4.69, 9.17) is 14.2 Å². The SMILES string of the molecule is COc1ccc(CN2Cc3c(F)c(NC4CCCCC4NC(=O)OC(C)(C)C)nc(-c4c[nH]nc4C)c3C2=O)c(OC)c1. The van der Waals surface area contributed by atoms with Crippen LogP contribution in [0.1, 0.15) is 73.6 Å². The summed E-state index contributed by atoms with van der Waals surface area (Å²) in [6, 6.07) is 4.81. The fourth-order valence-electron chi connectivity index (χ4n) is 5.73. The van der Waals surface area contributed by atoms with E-state index in [0.29, 0.717) is 41.3 Å². The van der Waals surface area contributed by atoms with Crippen LogP contribution in [-0.4, -0.2) is 64.0 Å². The second kappa shape index (κ2) is 12.1. The molecule has 11 nitrogen and oxygen atoms in total. The molecule has 1 fully saturated rings. The molecule has 230 valence electrons. The van der Waals surface area contributed by atoms with Gasteiger partial charge in [-0.15, -0.1) is 0 Å². The zero-order valence-corrected chi connectivity index (χ0v) is 25.5. The summed E-state index contributed by atoms with van der Waals surface area (Å²) in [6.45, 7) is 7.49. The van der Waals surface area contributed by atoms with Crippen LogP contribution in [0.5, 0.6) is 11.5 Å². The highest BCUT2D eigenvalue weighted by molar-refractivity contribution is 6.04. The van der Waals surface area contributed by atoms with E-state index in [2.05, 4.69) is 25.8 Å². The van der Waals surface area contributed by atoms with E-state index in [1.807, 2.05) is 26.8 Å². The van der Waals surface area contributed by atoms with Crippen LogP contribution in [0.15, 0.2) is 24.4 Å². The number of fused-ring (bicyclic) bond motifs is 1. The molecule has 1 aliphatic carbocycles. The maximum absolute atomic E-state index is 16.3. The topological polar surface area (TPSA) is 131 Å². The molecule has 0 saturated heterocycles. The molecular weight excluding hydrogens is 555 g/mol. The standard InChI is InChI=1S/C31H39FN6O5/c1-17-20(14-33-37-17)27-25-21(16-38(29(25)39)15-18-11-12-19(41-5)13-24(18)42-6)26(32)28(36-27)34-22-9-7-8-10-23(22)35-30(40)43-31(2,3)4/h11-14,22-23H,7-10,15-16H2,1-6H3,(H,33,37)(H,34,36)(H,35,40). The van der Waals surface area contributed by atoms with E-state index in [1.165, 1.54) is 0 Å². The van der Waals surface area contributed by atoms with Crippen molar-refractivity contribution in [2.24, 2.45) is 0 Å². The van der Waals surface area contributed by atoms with Crippen molar-refractivity contribution in [2.75, 3.05) is 19.5 Å². The number of methoxy groups -OCH3 is 2. The van der Waals surface area contributed by atoms with Gasteiger partial charge in [0.1, 0.15) is 17.1 Å². The first kappa shape index (κ1) is 30.1. The average Bonchev–Trinajstić information content (AvgIpc) is 3.53. The third-order valence-corrected chi connectivity index (χ3v) is 7.82. The fourth-order valence-corrected chi connectivity index (χ4v) is 5.73. The van der Waals surface area contributed by atoms with E-state index in [-0.39, 0.29) is 48.0 Å². The van der Waals surface area contributed by atoms with Crippen LogP contribution in [0, 0.1) is 12.7 Å². The molecule has 2 aromatic heterocycles. The van der Waals surface area contributed by atoms with Crippen LogP contribution in [0.2, 0.25) is 0 Å². The summed E-state index contributed by atoms with van der Waals surface area (Å²) in [4.78, 5) is 32.7. The van der Waals surface area contributed by atoms with Crippen molar-refractivity contribution < 1.29 is 28.2 Å². The van der Waals surface area contributed by atoms with Crippen LogP contribution >= 0.6 is 0 Å². The molecule has 0 spiro atoms. The molecule has 1 aromatic carbocycles. The number of H-pyrrole nitrogens is 1. The van der Waals surface area contributed by atoms with Gasteiger partial charge in [-0.1, -0.05) is 12.8 Å². The molecule has 3 heterocycles. The maximum atomic E-state index is 16.3. The smallest absolute Gasteiger partial charge is 0.407 e. The molecular formula is C31H39FN6O5. The Morgan fingerprint density at radius 3 is 2.56 bits per heavy atom. The number of aryl methyl sites for hydroxylation is 1. The van der Waals surface area contributed by atoms with Gasteiger partial charge in [0.15, 0.2) is 11.6 Å². The number of alkyl carbamates (subject to hydrolysis) is 1. The number of hydrogen-bond acceptors (Lipinski definition) is 8. The van der Waals surface area contributed by atoms with E-state index >= 15 is 4.39 Å². The molecule has 0 bridgehead atoms. The number of aromatic amines is 1. The van der Waals surface area contributed by atoms with Gasteiger partial charge in [-0.2, -0.15) is 5.10 Å². The highest BCUT2D eigenvalue weighted by Crippen LogP contribution is 2.38. The van der Waals surface area contributed by atoms with E-state index in [0.717, 1.165) is 18.4 Å². The summed E-state index contributed by atoms with van der Waals surface area (Å²) in [6.07, 6.45) is 4.42. The first-order valence-electron chi connectivity index (χ1n) is 14.5.